The second-order valence-corrected chi connectivity index (χ2v) is 8.37. The summed E-state index contributed by atoms with van der Waals surface area (Å²) >= 11 is 1.65. The summed E-state index contributed by atoms with van der Waals surface area (Å²) in [6, 6.07) is 15.9. The van der Waals surface area contributed by atoms with E-state index in [4.69, 9.17) is 9.97 Å². The molecule has 0 atom stereocenters. The van der Waals surface area contributed by atoms with Crippen molar-refractivity contribution in [1.82, 2.24) is 18.9 Å². The van der Waals surface area contributed by atoms with E-state index in [9.17, 15) is 4.79 Å². The van der Waals surface area contributed by atoms with E-state index in [1.165, 1.54) is 24.2 Å². The molecule has 5 nitrogen and oxygen atoms in total. The number of aromatic nitrogens is 4. The lowest BCUT2D eigenvalue weighted by atomic mass is 10.0. The van der Waals surface area contributed by atoms with E-state index >= 15 is 0 Å². The van der Waals surface area contributed by atoms with E-state index < -0.39 is 0 Å². The van der Waals surface area contributed by atoms with Crippen LogP contribution in [-0.4, -0.2) is 18.9 Å². The molecule has 29 heavy (non-hydrogen) atoms. The number of pyridine rings is 1. The van der Waals surface area contributed by atoms with Crippen LogP contribution in [0.15, 0.2) is 64.7 Å². The van der Waals surface area contributed by atoms with E-state index in [0.717, 1.165) is 40.6 Å². The van der Waals surface area contributed by atoms with E-state index in [1.807, 2.05) is 25.1 Å². The smallest absolute Gasteiger partial charge is 0.258 e. The zero-order valence-corrected chi connectivity index (χ0v) is 17.2. The minimum atomic E-state index is -0.0417. The molecular formula is C23H22N4OS. The van der Waals surface area contributed by atoms with E-state index in [2.05, 4.69) is 28.8 Å². The third kappa shape index (κ3) is 3.38. The highest BCUT2D eigenvalue weighted by molar-refractivity contribution is 7.98. The Morgan fingerprint density at radius 1 is 1.03 bits per heavy atom. The number of rotatable bonds is 4. The molecule has 0 saturated heterocycles. The number of imidazole rings is 1. The predicted molar refractivity (Wildman–Crippen MR) is 116 cm³/mol. The fraction of sp³-hybridized carbons (Fsp3) is 0.261. The fourth-order valence-electron chi connectivity index (χ4n) is 3.98. The molecule has 3 aromatic heterocycles. The van der Waals surface area contributed by atoms with Gasteiger partial charge in [0.05, 0.1) is 11.4 Å². The molecule has 0 saturated carbocycles. The molecule has 6 heteroatoms. The number of thioether (sulfide) groups is 1. The zero-order chi connectivity index (χ0) is 19.8. The van der Waals surface area contributed by atoms with Gasteiger partial charge in [-0.05, 0) is 56.4 Å². The first-order valence-corrected chi connectivity index (χ1v) is 11.0. The molecular weight excluding hydrogens is 380 g/mol. The molecule has 1 aromatic carbocycles. The van der Waals surface area contributed by atoms with Crippen molar-refractivity contribution in [1.29, 1.82) is 0 Å². The third-order valence-electron chi connectivity index (χ3n) is 5.40. The summed E-state index contributed by atoms with van der Waals surface area (Å²) in [6.07, 6.45) is 6.28. The quantitative estimate of drug-likeness (QED) is 0.476. The van der Waals surface area contributed by atoms with Crippen LogP contribution in [-0.2, 0) is 18.6 Å². The number of para-hydroxylation sites is 1. The lowest BCUT2D eigenvalue weighted by molar-refractivity contribution is 0.654. The summed E-state index contributed by atoms with van der Waals surface area (Å²) in [7, 11) is 0. The minimum absolute atomic E-state index is 0.0417. The number of hydrogen-bond donors (Lipinski definition) is 0. The van der Waals surface area contributed by atoms with Gasteiger partial charge >= 0.3 is 0 Å². The normalized spacial score (nSPS) is 13.6. The van der Waals surface area contributed by atoms with Crippen LogP contribution in [0.2, 0.25) is 0 Å². The SMILES string of the molecule is Cc1cccn2c(=O)cc(CSc3nc4c(n3-c3ccccc3)CCCC4)nc12. The molecule has 0 N–H and O–H groups in total. The first kappa shape index (κ1) is 18.2. The summed E-state index contributed by atoms with van der Waals surface area (Å²) in [4.78, 5) is 22.2. The Balaban J connectivity index is 1.52. The van der Waals surface area contributed by atoms with Gasteiger partial charge in [0, 0.05) is 29.4 Å². The number of nitrogens with zero attached hydrogens (tertiary/aromatic N) is 4. The maximum absolute atomic E-state index is 12.5. The second-order valence-electron chi connectivity index (χ2n) is 7.43. The predicted octanol–water partition coefficient (Wildman–Crippen LogP) is 4.36. The number of fused-ring (bicyclic) bond motifs is 2. The lowest BCUT2D eigenvalue weighted by Crippen LogP contribution is -2.15. The van der Waals surface area contributed by atoms with Gasteiger partial charge in [0.2, 0.25) is 0 Å². The van der Waals surface area contributed by atoms with Crippen molar-refractivity contribution in [3.63, 3.8) is 0 Å². The van der Waals surface area contributed by atoms with E-state index in [1.54, 1.807) is 28.4 Å². The van der Waals surface area contributed by atoms with Crippen LogP contribution in [0.25, 0.3) is 11.3 Å². The molecule has 5 rings (SSSR count). The van der Waals surface area contributed by atoms with E-state index in [-0.39, 0.29) is 5.56 Å². The standard InChI is InChI=1S/C23H22N4OS/c1-16-8-7-13-26-21(28)14-17(24-22(16)26)15-29-23-25-19-11-5-6-12-20(19)27(23)18-9-3-2-4-10-18/h2-4,7-10,13-14H,5-6,11-12,15H2,1H3. The molecule has 146 valence electrons. The Hall–Kier alpha value is -2.86. The highest BCUT2D eigenvalue weighted by atomic mass is 32.2. The molecule has 0 fully saturated rings. The summed E-state index contributed by atoms with van der Waals surface area (Å²) in [5.74, 6) is 0.614. The molecule has 0 unspecified atom stereocenters. The molecule has 0 bridgehead atoms. The van der Waals surface area contributed by atoms with Crippen molar-refractivity contribution in [3.8, 4) is 5.69 Å². The van der Waals surface area contributed by atoms with Crippen molar-refractivity contribution in [3.05, 3.63) is 87.7 Å². The van der Waals surface area contributed by atoms with Gasteiger partial charge in [-0.15, -0.1) is 0 Å². The molecule has 1 aliphatic rings. The largest absolute Gasteiger partial charge is 0.292 e. The maximum atomic E-state index is 12.5. The molecule has 0 spiro atoms. The van der Waals surface area contributed by atoms with Crippen molar-refractivity contribution in [2.75, 3.05) is 0 Å². The molecule has 3 heterocycles. The van der Waals surface area contributed by atoms with Gasteiger partial charge < -0.3 is 0 Å². The minimum Gasteiger partial charge on any atom is -0.292 e. The highest BCUT2D eigenvalue weighted by Gasteiger charge is 2.21. The van der Waals surface area contributed by atoms with Crippen LogP contribution in [0.4, 0.5) is 0 Å². The van der Waals surface area contributed by atoms with Crippen LogP contribution in [0.1, 0.15) is 35.5 Å². The van der Waals surface area contributed by atoms with Crippen molar-refractivity contribution in [2.24, 2.45) is 0 Å². The highest BCUT2D eigenvalue weighted by Crippen LogP contribution is 2.31. The molecule has 0 radical (unpaired) electrons. The maximum Gasteiger partial charge on any atom is 0.258 e. The van der Waals surface area contributed by atoms with Gasteiger partial charge in [-0.2, -0.15) is 0 Å². The van der Waals surface area contributed by atoms with Gasteiger partial charge in [-0.1, -0.05) is 36.0 Å². The monoisotopic (exact) mass is 402 g/mol. The third-order valence-corrected chi connectivity index (χ3v) is 6.38. The van der Waals surface area contributed by atoms with Crippen molar-refractivity contribution < 1.29 is 0 Å². The summed E-state index contributed by atoms with van der Waals surface area (Å²) in [6.45, 7) is 1.98. The lowest BCUT2D eigenvalue weighted by Gasteiger charge is -2.15. The Morgan fingerprint density at radius 2 is 1.86 bits per heavy atom. The Morgan fingerprint density at radius 3 is 2.72 bits per heavy atom. The number of aryl methyl sites for hydroxylation is 2. The summed E-state index contributed by atoms with van der Waals surface area (Å²) in [5.41, 5.74) is 6.15. The zero-order valence-electron chi connectivity index (χ0n) is 16.3. The average Bonchev–Trinajstić information content (AvgIpc) is 3.12. The second kappa shape index (κ2) is 7.52. The van der Waals surface area contributed by atoms with Gasteiger partial charge in [-0.3, -0.25) is 13.8 Å². The van der Waals surface area contributed by atoms with Crippen LogP contribution in [0.3, 0.4) is 0 Å². The average molecular weight is 403 g/mol. The molecule has 4 aromatic rings. The van der Waals surface area contributed by atoms with Crippen LogP contribution in [0, 0.1) is 6.92 Å². The Labute approximate surface area is 173 Å². The summed E-state index contributed by atoms with van der Waals surface area (Å²) in [5, 5.41) is 0.981. The topological polar surface area (TPSA) is 52.2 Å². The van der Waals surface area contributed by atoms with E-state index in [0.29, 0.717) is 5.75 Å². The molecule has 1 aliphatic carbocycles. The van der Waals surface area contributed by atoms with Gasteiger partial charge in [0.1, 0.15) is 5.65 Å². The Kier molecular flexibility index (Phi) is 4.72. The first-order chi connectivity index (χ1) is 14.2. The van der Waals surface area contributed by atoms with Gasteiger partial charge in [-0.25, -0.2) is 9.97 Å². The summed E-state index contributed by atoms with van der Waals surface area (Å²) < 4.78 is 3.89. The first-order valence-electron chi connectivity index (χ1n) is 9.97. The van der Waals surface area contributed by atoms with Crippen molar-refractivity contribution in [2.45, 2.75) is 43.5 Å². The number of benzene rings is 1. The van der Waals surface area contributed by atoms with Gasteiger partial charge in [0.15, 0.2) is 5.16 Å². The van der Waals surface area contributed by atoms with Crippen LogP contribution >= 0.6 is 11.8 Å². The van der Waals surface area contributed by atoms with Crippen LogP contribution < -0.4 is 5.56 Å². The van der Waals surface area contributed by atoms with Gasteiger partial charge in [0.25, 0.3) is 5.56 Å². The number of hydrogen-bond acceptors (Lipinski definition) is 4. The molecule has 0 amide bonds. The Bertz CT molecular complexity index is 1240. The fourth-order valence-corrected chi connectivity index (χ4v) is 4.92. The van der Waals surface area contributed by atoms with Crippen molar-refractivity contribution >= 4 is 17.4 Å². The van der Waals surface area contributed by atoms with Crippen LogP contribution in [0.5, 0.6) is 0 Å². The molecule has 0 aliphatic heterocycles.